The molecule has 10 heteroatoms. The average Bonchev–Trinajstić information content (AvgIpc) is 3.26. The summed E-state index contributed by atoms with van der Waals surface area (Å²) in [7, 11) is 1.61. The number of nitrogens with one attached hydrogen (secondary N) is 2. The molecule has 0 saturated heterocycles. The van der Waals surface area contributed by atoms with Crippen molar-refractivity contribution >= 4 is 32.5 Å². The van der Waals surface area contributed by atoms with Gasteiger partial charge in [-0.1, -0.05) is 24.2 Å². The van der Waals surface area contributed by atoms with Crippen LogP contribution >= 0.6 is 11.3 Å². The monoisotopic (exact) mass is 497 g/mol. The number of ether oxygens (including phenoxy) is 1. The number of halogens is 2. The molecule has 2 aromatic carbocycles. The predicted molar refractivity (Wildman–Crippen MR) is 133 cm³/mol. The van der Waals surface area contributed by atoms with E-state index in [1.807, 2.05) is 12.1 Å². The molecule has 2 heterocycles. The summed E-state index contributed by atoms with van der Waals surface area (Å²) in [4.78, 5) is 13.3. The van der Waals surface area contributed by atoms with E-state index in [9.17, 15) is 13.9 Å². The second-order valence-electron chi connectivity index (χ2n) is 8.53. The number of benzene rings is 2. The van der Waals surface area contributed by atoms with Gasteiger partial charge in [0.15, 0.2) is 5.13 Å². The molecular formula is C25H25F2N5O2S. The summed E-state index contributed by atoms with van der Waals surface area (Å²) in [5.41, 5.74) is 2.20. The van der Waals surface area contributed by atoms with Crippen LogP contribution in [0.4, 0.5) is 19.7 Å². The van der Waals surface area contributed by atoms with Gasteiger partial charge in [-0.2, -0.15) is 0 Å². The molecule has 7 nitrogen and oxygen atoms in total. The van der Waals surface area contributed by atoms with Crippen molar-refractivity contribution in [1.29, 1.82) is 0 Å². The Morgan fingerprint density at radius 1 is 1.11 bits per heavy atom. The lowest BCUT2D eigenvalue weighted by atomic mass is 9.93. The van der Waals surface area contributed by atoms with Gasteiger partial charge in [0.05, 0.1) is 42.0 Å². The van der Waals surface area contributed by atoms with Gasteiger partial charge in [0.1, 0.15) is 28.7 Å². The van der Waals surface area contributed by atoms with Crippen molar-refractivity contribution in [2.75, 3.05) is 17.7 Å². The third kappa shape index (κ3) is 5.18. The van der Waals surface area contributed by atoms with Gasteiger partial charge < -0.3 is 20.5 Å². The Kier molecular flexibility index (Phi) is 6.74. The van der Waals surface area contributed by atoms with Crippen molar-refractivity contribution in [3.05, 3.63) is 59.9 Å². The molecule has 1 unspecified atom stereocenters. The maximum absolute atomic E-state index is 14.2. The third-order valence-corrected chi connectivity index (χ3v) is 7.03. The Bertz CT molecular complexity index is 1350. The molecule has 2 atom stereocenters. The number of hydrogen-bond donors (Lipinski definition) is 3. The predicted octanol–water partition coefficient (Wildman–Crippen LogP) is 5.37. The maximum Gasteiger partial charge on any atom is 0.184 e. The highest BCUT2D eigenvalue weighted by molar-refractivity contribution is 7.22. The Balaban J connectivity index is 1.34. The lowest BCUT2D eigenvalue weighted by Gasteiger charge is -2.27. The van der Waals surface area contributed by atoms with Crippen LogP contribution in [0.5, 0.6) is 5.75 Å². The summed E-state index contributed by atoms with van der Waals surface area (Å²) >= 11 is 1.52. The van der Waals surface area contributed by atoms with E-state index in [1.165, 1.54) is 29.7 Å². The molecule has 0 radical (unpaired) electrons. The molecule has 1 saturated carbocycles. The minimum atomic E-state index is -0.693. The highest BCUT2D eigenvalue weighted by Gasteiger charge is 2.24. The quantitative estimate of drug-likeness (QED) is 0.316. The normalized spacial score (nSPS) is 17.9. The van der Waals surface area contributed by atoms with Gasteiger partial charge in [0.2, 0.25) is 0 Å². The van der Waals surface area contributed by atoms with Crippen LogP contribution in [-0.4, -0.2) is 39.3 Å². The van der Waals surface area contributed by atoms with Crippen LogP contribution in [0, 0.1) is 11.6 Å². The topological polar surface area (TPSA) is 92.2 Å². The van der Waals surface area contributed by atoms with Crippen LogP contribution in [-0.2, 0) is 6.54 Å². The SMILES string of the molecule is COc1cc(CNc2cncc(-c3ccc(F)cc3F)n2)cc2sc(NC3CCCC[C@H]3O)nc12. The number of rotatable bonds is 7. The summed E-state index contributed by atoms with van der Waals surface area (Å²) in [6.45, 7) is 0.429. The van der Waals surface area contributed by atoms with E-state index in [2.05, 4.69) is 20.6 Å². The zero-order valence-corrected chi connectivity index (χ0v) is 19.9. The highest BCUT2D eigenvalue weighted by atomic mass is 32.1. The number of aliphatic hydroxyl groups is 1. The number of aliphatic hydroxyl groups excluding tert-OH is 1. The second kappa shape index (κ2) is 10.1. The number of anilines is 2. The molecule has 3 N–H and O–H groups in total. The van der Waals surface area contributed by atoms with E-state index >= 15 is 0 Å². The number of thiazole rings is 1. The Morgan fingerprint density at radius 2 is 1.97 bits per heavy atom. The van der Waals surface area contributed by atoms with Crippen molar-refractivity contribution in [3.8, 4) is 17.0 Å². The Labute approximate surface area is 205 Å². The van der Waals surface area contributed by atoms with Crippen molar-refractivity contribution in [2.24, 2.45) is 0 Å². The molecule has 0 bridgehead atoms. The van der Waals surface area contributed by atoms with Crippen molar-refractivity contribution in [1.82, 2.24) is 15.0 Å². The van der Waals surface area contributed by atoms with Gasteiger partial charge in [-0.3, -0.25) is 4.98 Å². The van der Waals surface area contributed by atoms with Gasteiger partial charge in [-0.25, -0.2) is 18.7 Å². The van der Waals surface area contributed by atoms with Crippen molar-refractivity contribution in [3.63, 3.8) is 0 Å². The van der Waals surface area contributed by atoms with Crippen LogP contribution in [0.3, 0.4) is 0 Å². The minimum Gasteiger partial charge on any atom is -0.494 e. The first kappa shape index (κ1) is 23.4. The van der Waals surface area contributed by atoms with Crippen LogP contribution in [0.1, 0.15) is 31.2 Å². The lowest BCUT2D eigenvalue weighted by Crippen LogP contribution is -2.36. The fraction of sp³-hybridized carbons (Fsp3) is 0.320. The first-order chi connectivity index (χ1) is 17.0. The fourth-order valence-electron chi connectivity index (χ4n) is 4.28. The number of fused-ring (bicyclic) bond motifs is 1. The van der Waals surface area contributed by atoms with Crippen molar-refractivity contribution < 1.29 is 18.6 Å². The van der Waals surface area contributed by atoms with E-state index in [0.717, 1.165) is 52.7 Å². The van der Waals surface area contributed by atoms with E-state index in [0.29, 0.717) is 23.8 Å². The summed E-state index contributed by atoms with van der Waals surface area (Å²) in [6.07, 6.45) is 6.49. The Morgan fingerprint density at radius 3 is 2.77 bits per heavy atom. The lowest BCUT2D eigenvalue weighted by molar-refractivity contribution is 0.116. The third-order valence-electron chi connectivity index (χ3n) is 6.09. The molecule has 0 spiro atoms. The van der Waals surface area contributed by atoms with Gasteiger partial charge in [-0.05, 0) is 42.7 Å². The van der Waals surface area contributed by atoms with Gasteiger partial charge >= 0.3 is 0 Å². The summed E-state index contributed by atoms with van der Waals surface area (Å²) in [5.74, 6) is -0.222. The number of hydrogen-bond acceptors (Lipinski definition) is 8. The molecule has 0 aliphatic heterocycles. The first-order valence-corrected chi connectivity index (χ1v) is 12.2. The largest absolute Gasteiger partial charge is 0.494 e. The molecule has 4 aromatic rings. The molecule has 0 amide bonds. The molecule has 5 rings (SSSR count). The van der Waals surface area contributed by atoms with E-state index in [4.69, 9.17) is 9.72 Å². The molecule has 1 fully saturated rings. The summed E-state index contributed by atoms with van der Waals surface area (Å²) in [6, 6.07) is 7.31. The van der Waals surface area contributed by atoms with Crippen LogP contribution in [0.15, 0.2) is 42.7 Å². The molecule has 1 aliphatic rings. The van der Waals surface area contributed by atoms with Crippen LogP contribution < -0.4 is 15.4 Å². The zero-order valence-electron chi connectivity index (χ0n) is 19.1. The minimum absolute atomic E-state index is 0.00763. The van der Waals surface area contributed by atoms with E-state index in [1.54, 1.807) is 13.3 Å². The average molecular weight is 498 g/mol. The van der Waals surface area contributed by atoms with E-state index in [-0.39, 0.29) is 17.7 Å². The fourth-order valence-corrected chi connectivity index (χ4v) is 5.29. The van der Waals surface area contributed by atoms with Gasteiger partial charge in [0.25, 0.3) is 0 Å². The molecule has 1 aliphatic carbocycles. The number of methoxy groups -OCH3 is 1. The molecule has 2 aromatic heterocycles. The smallest absolute Gasteiger partial charge is 0.184 e. The van der Waals surface area contributed by atoms with Crippen LogP contribution in [0.2, 0.25) is 0 Å². The molecule has 35 heavy (non-hydrogen) atoms. The highest BCUT2D eigenvalue weighted by Crippen LogP contribution is 2.35. The molecule has 182 valence electrons. The van der Waals surface area contributed by atoms with E-state index < -0.39 is 11.6 Å². The summed E-state index contributed by atoms with van der Waals surface area (Å²) in [5, 5.41) is 17.6. The standard InChI is InChI=1S/C25H25F2N5O2S/c1-34-21-8-14(9-22-24(21)32-25(35-22)31-18-4-2-3-5-20(18)33)11-29-23-13-28-12-19(30-23)16-7-6-15(26)10-17(16)27/h6-10,12-13,18,20,33H,2-5,11H2,1H3,(H,29,30)(H,31,32)/t18?,20-/m1/s1. The van der Waals surface area contributed by atoms with Gasteiger partial charge in [0, 0.05) is 18.2 Å². The molecular weight excluding hydrogens is 472 g/mol. The summed E-state index contributed by atoms with van der Waals surface area (Å²) < 4.78 is 33.9. The maximum atomic E-state index is 14.2. The first-order valence-electron chi connectivity index (χ1n) is 11.4. The van der Waals surface area contributed by atoms with Gasteiger partial charge in [-0.15, -0.1) is 0 Å². The van der Waals surface area contributed by atoms with Crippen LogP contribution in [0.25, 0.3) is 21.5 Å². The Hall–Kier alpha value is -3.37. The second-order valence-corrected chi connectivity index (χ2v) is 9.56. The van der Waals surface area contributed by atoms with Crippen molar-refractivity contribution in [2.45, 2.75) is 44.4 Å². The number of aromatic nitrogens is 3. The number of nitrogens with zero attached hydrogens (tertiary/aromatic N) is 3. The zero-order chi connectivity index (χ0) is 24.4.